The molecule has 1 N–H and O–H groups in total. The van der Waals surface area contributed by atoms with Gasteiger partial charge in [0.25, 0.3) is 5.91 Å². The maximum absolute atomic E-state index is 12.2. The Bertz CT molecular complexity index is 679. The fourth-order valence-electron chi connectivity index (χ4n) is 3.13. The number of piperidine rings is 1. The number of nitrogens with one attached hydrogen (secondary N) is 1. The first-order valence-corrected chi connectivity index (χ1v) is 9.44. The summed E-state index contributed by atoms with van der Waals surface area (Å²) in [5.74, 6) is -0.895. The van der Waals surface area contributed by atoms with E-state index in [-0.39, 0.29) is 30.9 Å². The van der Waals surface area contributed by atoms with Gasteiger partial charge in [-0.1, -0.05) is 12.1 Å². The molecule has 0 bridgehead atoms. The summed E-state index contributed by atoms with van der Waals surface area (Å²) in [4.78, 5) is 39.1. The molecule has 2 aliphatic rings. The lowest BCUT2D eigenvalue weighted by molar-refractivity contribution is -0.153. The van der Waals surface area contributed by atoms with Crippen LogP contribution >= 0.6 is 11.8 Å². The third-order valence-corrected chi connectivity index (χ3v) is 5.81. The lowest BCUT2D eigenvalue weighted by Crippen LogP contribution is -2.44. The molecule has 1 fully saturated rings. The van der Waals surface area contributed by atoms with Crippen molar-refractivity contribution in [3.05, 3.63) is 24.3 Å². The number of nitrogens with zero attached hydrogens (tertiary/aromatic N) is 1. The predicted molar refractivity (Wildman–Crippen MR) is 95.3 cm³/mol. The maximum atomic E-state index is 12.2. The molecule has 1 aromatic rings. The molecule has 2 aliphatic heterocycles. The molecule has 2 atom stereocenters. The largest absolute Gasteiger partial charge is 0.456 e. The van der Waals surface area contributed by atoms with Crippen molar-refractivity contribution in [3.8, 4) is 0 Å². The summed E-state index contributed by atoms with van der Waals surface area (Å²) >= 11 is 1.35. The second-order valence-corrected chi connectivity index (χ2v) is 7.63. The normalized spacial score (nSPS) is 22.8. The number of likely N-dealkylation sites (tertiary alicyclic amines) is 1. The van der Waals surface area contributed by atoms with E-state index in [2.05, 4.69) is 5.32 Å². The number of amides is 2. The second-order valence-electron chi connectivity index (χ2n) is 6.39. The number of esters is 1. The van der Waals surface area contributed by atoms with Crippen LogP contribution in [0, 0.1) is 0 Å². The minimum Gasteiger partial charge on any atom is -0.456 e. The van der Waals surface area contributed by atoms with Crippen LogP contribution in [0.1, 0.15) is 32.6 Å². The van der Waals surface area contributed by atoms with E-state index in [0.717, 1.165) is 36.4 Å². The van der Waals surface area contributed by atoms with Crippen molar-refractivity contribution in [1.82, 2.24) is 4.90 Å². The SMILES string of the molecule is C[C@@H]1CCCCN1C(=O)COC(=O)C[C@H]1Sc2ccccc2NC1=O. The Morgan fingerprint density at radius 3 is 2.92 bits per heavy atom. The molecule has 0 spiro atoms. The summed E-state index contributed by atoms with van der Waals surface area (Å²) in [6.45, 7) is 2.48. The van der Waals surface area contributed by atoms with Gasteiger partial charge in [-0.2, -0.15) is 0 Å². The molecule has 1 saturated heterocycles. The van der Waals surface area contributed by atoms with Crippen LogP contribution in [0.4, 0.5) is 5.69 Å². The molecule has 134 valence electrons. The fourth-order valence-corrected chi connectivity index (χ4v) is 4.23. The fraction of sp³-hybridized carbons (Fsp3) is 0.500. The molecule has 6 nitrogen and oxygen atoms in total. The molecular weight excluding hydrogens is 340 g/mol. The summed E-state index contributed by atoms with van der Waals surface area (Å²) in [5.41, 5.74) is 0.761. The molecular formula is C18H22N2O4S. The molecule has 0 aromatic heterocycles. The Morgan fingerprint density at radius 2 is 2.12 bits per heavy atom. The van der Waals surface area contributed by atoms with E-state index in [1.54, 1.807) is 4.90 Å². The third kappa shape index (κ3) is 4.34. The number of ether oxygens (including phenoxy) is 1. The smallest absolute Gasteiger partial charge is 0.307 e. The summed E-state index contributed by atoms with van der Waals surface area (Å²) in [6.07, 6.45) is 3.05. The Labute approximate surface area is 151 Å². The van der Waals surface area contributed by atoms with Gasteiger partial charge < -0.3 is 15.0 Å². The molecule has 7 heteroatoms. The Balaban J connectivity index is 1.49. The third-order valence-electron chi connectivity index (χ3n) is 4.54. The van der Waals surface area contributed by atoms with Crippen molar-refractivity contribution in [2.45, 2.75) is 48.8 Å². The molecule has 3 rings (SSSR count). The van der Waals surface area contributed by atoms with Gasteiger partial charge in [0, 0.05) is 17.5 Å². The molecule has 0 unspecified atom stereocenters. The van der Waals surface area contributed by atoms with Gasteiger partial charge in [-0.3, -0.25) is 14.4 Å². The molecule has 25 heavy (non-hydrogen) atoms. The lowest BCUT2D eigenvalue weighted by Gasteiger charge is -2.33. The lowest BCUT2D eigenvalue weighted by atomic mass is 10.0. The van der Waals surface area contributed by atoms with Gasteiger partial charge in [-0.05, 0) is 38.3 Å². The highest BCUT2D eigenvalue weighted by atomic mass is 32.2. The first-order valence-electron chi connectivity index (χ1n) is 8.56. The molecule has 1 aromatic carbocycles. The number of fused-ring (bicyclic) bond motifs is 1. The van der Waals surface area contributed by atoms with Crippen molar-refractivity contribution in [1.29, 1.82) is 0 Å². The Hall–Kier alpha value is -2.02. The molecule has 0 radical (unpaired) electrons. The van der Waals surface area contributed by atoms with Gasteiger partial charge in [0.1, 0.15) is 0 Å². The summed E-state index contributed by atoms with van der Waals surface area (Å²) in [6, 6.07) is 7.65. The highest BCUT2D eigenvalue weighted by Crippen LogP contribution is 2.36. The molecule has 2 amide bonds. The average Bonchev–Trinajstić information content (AvgIpc) is 2.61. The first kappa shape index (κ1) is 17.8. The number of anilines is 1. The van der Waals surface area contributed by atoms with E-state index in [1.807, 2.05) is 31.2 Å². The van der Waals surface area contributed by atoms with E-state index in [4.69, 9.17) is 4.74 Å². The summed E-state index contributed by atoms with van der Waals surface area (Å²) in [7, 11) is 0. The highest BCUT2D eigenvalue weighted by molar-refractivity contribution is 8.01. The minimum atomic E-state index is -0.536. The zero-order valence-electron chi connectivity index (χ0n) is 14.2. The van der Waals surface area contributed by atoms with Crippen molar-refractivity contribution in [3.63, 3.8) is 0 Å². The van der Waals surface area contributed by atoms with Crippen LogP contribution in [0.2, 0.25) is 0 Å². The highest BCUT2D eigenvalue weighted by Gasteiger charge is 2.30. The van der Waals surface area contributed by atoms with Crippen LogP contribution in [0.25, 0.3) is 0 Å². The van der Waals surface area contributed by atoms with Crippen molar-refractivity contribution in [2.75, 3.05) is 18.5 Å². The molecule has 2 heterocycles. The average molecular weight is 362 g/mol. The predicted octanol–water partition coefficient (Wildman–Crippen LogP) is 2.43. The van der Waals surface area contributed by atoms with E-state index in [0.29, 0.717) is 0 Å². The zero-order chi connectivity index (χ0) is 17.8. The van der Waals surface area contributed by atoms with Gasteiger partial charge >= 0.3 is 5.97 Å². The standard InChI is InChI=1S/C18H22N2O4S/c1-12-6-4-5-9-20(12)16(21)11-24-17(22)10-15-18(23)19-13-7-2-3-8-14(13)25-15/h2-3,7-8,12,15H,4-6,9-11H2,1H3,(H,19,23)/t12-,15-/m1/s1. The first-order chi connectivity index (χ1) is 12.0. The van der Waals surface area contributed by atoms with Crippen LogP contribution in [-0.4, -0.2) is 47.1 Å². The van der Waals surface area contributed by atoms with Gasteiger partial charge in [0.05, 0.1) is 17.4 Å². The van der Waals surface area contributed by atoms with Crippen molar-refractivity contribution in [2.24, 2.45) is 0 Å². The van der Waals surface area contributed by atoms with E-state index >= 15 is 0 Å². The second kappa shape index (κ2) is 7.91. The van der Waals surface area contributed by atoms with Gasteiger partial charge in [0.15, 0.2) is 6.61 Å². The van der Waals surface area contributed by atoms with Crippen LogP contribution in [-0.2, 0) is 19.1 Å². The van der Waals surface area contributed by atoms with Gasteiger partial charge in [-0.15, -0.1) is 11.8 Å². The van der Waals surface area contributed by atoms with Gasteiger partial charge in [0.2, 0.25) is 5.91 Å². The Morgan fingerprint density at radius 1 is 1.32 bits per heavy atom. The molecule has 0 aliphatic carbocycles. The quantitative estimate of drug-likeness (QED) is 0.833. The number of para-hydroxylation sites is 1. The van der Waals surface area contributed by atoms with Crippen LogP contribution in [0.5, 0.6) is 0 Å². The minimum absolute atomic E-state index is 0.0479. The number of carbonyl (C=O) groups excluding carboxylic acids is 3. The van der Waals surface area contributed by atoms with E-state index in [9.17, 15) is 14.4 Å². The number of benzene rings is 1. The zero-order valence-corrected chi connectivity index (χ0v) is 15.0. The summed E-state index contributed by atoms with van der Waals surface area (Å²) < 4.78 is 5.12. The number of rotatable bonds is 4. The van der Waals surface area contributed by atoms with Crippen LogP contribution in [0.15, 0.2) is 29.2 Å². The van der Waals surface area contributed by atoms with Crippen LogP contribution < -0.4 is 5.32 Å². The number of hydrogen-bond donors (Lipinski definition) is 1. The van der Waals surface area contributed by atoms with Crippen molar-refractivity contribution < 1.29 is 19.1 Å². The number of thioether (sulfide) groups is 1. The van der Waals surface area contributed by atoms with Crippen LogP contribution in [0.3, 0.4) is 0 Å². The molecule has 0 saturated carbocycles. The maximum Gasteiger partial charge on any atom is 0.307 e. The van der Waals surface area contributed by atoms with Crippen molar-refractivity contribution >= 4 is 35.2 Å². The topological polar surface area (TPSA) is 75.7 Å². The monoisotopic (exact) mass is 362 g/mol. The summed E-state index contributed by atoms with van der Waals surface area (Å²) in [5, 5.41) is 2.26. The van der Waals surface area contributed by atoms with Gasteiger partial charge in [-0.25, -0.2) is 0 Å². The number of hydrogen-bond acceptors (Lipinski definition) is 5. The number of carbonyl (C=O) groups is 3. The van der Waals surface area contributed by atoms with E-state index < -0.39 is 11.2 Å². The van der Waals surface area contributed by atoms with E-state index in [1.165, 1.54) is 11.8 Å². The Kier molecular flexibility index (Phi) is 5.63.